The molecule has 3 heteroatoms. The summed E-state index contributed by atoms with van der Waals surface area (Å²) >= 11 is 0. The van der Waals surface area contributed by atoms with E-state index in [1.165, 1.54) is 0 Å². The van der Waals surface area contributed by atoms with Gasteiger partial charge in [-0.1, -0.05) is 55.5 Å². The van der Waals surface area contributed by atoms with Gasteiger partial charge in [0.05, 0.1) is 6.10 Å². The molecule has 26 heavy (non-hydrogen) atoms. The predicted octanol–water partition coefficient (Wildman–Crippen LogP) is 5.78. The van der Waals surface area contributed by atoms with Crippen LogP contribution in [0.3, 0.4) is 0 Å². The minimum absolute atomic E-state index is 0.134. The number of ether oxygens (including phenoxy) is 1. The molecule has 3 nitrogen and oxygen atoms in total. The molecule has 0 saturated heterocycles. The summed E-state index contributed by atoms with van der Waals surface area (Å²) in [6.45, 7) is 4.11. The topological polar surface area (TPSA) is 38.3 Å². The molecular formula is C23H23NO2. The number of carbonyl (C=O) groups excluding carboxylic acids is 1. The zero-order valence-electron chi connectivity index (χ0n) is 15.1. The fourth-order valence-corrected chi connectivity index (χ4v) is 2.61. The van der Waals surface area contributed by atoms with Crippen LogP contribution >= 0.6 is 0 Å². The van der Waals surface area contributed by atoms with Crippen LogP contribution in [0.2, 0.25) is 0 Å². The number of benzene rings is 3. The van der Waals surface area contributed by atoms with Gasteiger partial charge < -0.3 is 10.1 Å². The third kappa shape index (κ3) is 4.51. The summed E-state index contributed by atoms with van der Waals surface area (Å²) in [5.41, 5.74) is 3.57. The number of anilines is 1. The largest absolute Gasteiger partial charge is 0.491 e. The van der Waals surface area contributed by atoms with E-state index in [1.807, 2.05) is 73.7 Å². The van der Waals surface area contributed by atoms with Crippen molar-refractivity contribution in [1.29, 1.82) is 0 Å². The van der Waals surface area contributed by atoms with Gasteiger partial charge in [-0.25, -0.2) is 0 Å². The van der Waals surface area contributed by atoms with Crippen LogP contribution in [0.25, 0.3) is 11.1 Å². The van der Waals surface area contributed by atoms with Gasteiger partial charge in [0.25, 0.3) is 5.91 Å². The minimum atomic E-state index is -0.134. The van der Waals surface area contributed by atoms with Crippen LogP contribution in [0, 0.1) is 0 Å². The average molecular weight is 345 g/mol. The highest BCUT2D eigenvalue weighted by Gasteiger charge is 2.08. The number of hydrogen-bond acceptors (Lipinski definition) is 2. The first-order valence-corrected chi connectivity index (χ1v) is 8.89. The summed E-state index contributed by atoms with van der Waals surface area (Å²) in [4.78, 5) is 12.5. The number of carbonyl (C=O) groups is 1. The van der Waals surface area contributed by atoms with E-state index in [4.69, 9.17) is 4.74 Å². The molecule has 0 aliphatic rings. The average Bonchev–Trinajstić information content (AvgIpc) is 2.69. The molecule has 3 aromatic rings. The Morgan fingerprint density at radius 3 is 2.31 bits per heavy atom. The van der Waals surface area contributed by atoms with E-state index in [2.05, 4.69) is 24.4 Å². The monoisotopic (exact) mass is 345 g/mol. The Bertz CT molecular complexity index is 857. The van der Waals surface area contributed by atoms with E-state index in [1.54, 1.807) is 0 Å². The second kappa shape index (κ2) is 8.34. The second-order valence-electron chi connectivity index (χ2n) is 6.26. The molecule has 1 atom stereocenters. The summed E-state index contributed by atoms with van der Waals surface area (Å²) in [5.74, 6) is 0.627. The number of nitrogens with one attached hydrogen (secondary N) is 1. The lowest BCUT2D eigenvalue weighted by molar-refractivity contribution is 0.102. The highest BCUT2D eigenvalue weighted by molar-refractivity contribution is 6.04. The quantitative estimate of drug-likeness (QED) is 0.614. The van der Waals surface area contributed by atoms with Gasteiger partial charge in [-0.2, -0.15) is 0 Å². The lowest BCUT2D eigenvalue weighted by Gasteiger charge is -2.13. The van der Waals surface area contributed by atoms with Crippen molar-refractivity contribution in [2.45, 2.75) is 26.4 Å². The van der Waals surface area contributed by atoms with E-state index in [9.17, 15) is 4.79 Å². The van der Waals surface area contributed by atoms with Crippen molar-refractivity contribution in [3.8, 4) is 16.9 Å². The smallest absolute Gasteiger partial charge is 0.255 e. The molecule has 3 rings (SSSR count). The Balaban J connectivity index is 1.69. The third-order valence-corrected chi connectivity index (χ3v) is 4.26. The van der Waals surface area contributed by atoms with Crippen molar-refractivity contribution < 1.29 is 9.53 Å². The molecule has 0 aromatic heterocycles. The fraction of sp³-hybridized carbons (Fsp3) is 0.174. The molecule has 0 radical (unpaired) electrons. The van der Waals surface area contributed by atoms with Crippen molar-refractivity contribution in [2.75, 3.05) is 5.32 Å². The van der Waals surface area contributed by atoms with Gasteiger partial charge in [0.15, 0.2) is 0 Å². The third-order valence-electron chi connectivity index (χ3n) is 4.26. The molecule has 132 valence electrons. The van der Waals surface area contributed by atoms with Crippen LogP contribution in [0.15, 0.2) is 78.9 Å². The van der Waals surface area contributed by atoms with Crippen LogP contribution < -0.4 is 10.1 Å². The van der Waals surface area contributed by atoms with Crippen LogP contribution in [-0.2, 0) is 0 Å². The van der Waals surface area contributed by atoms with Gasteiger partial charge >= 0.3 is 0 Å². The first-order chi connectivity index (χ1) is 12.7. The molecule has 0 spiro atoms. The zero-order valence-corrected chi connectivity index (χ0v) is 15.1. The minimum Gasteiger partial charge on any atom is -0.491 e. The Labute approximate surface area is 154 Å². The van der Waals surface area contributed by atoms with Crippen LogP contribution in [0.5, 0.6) is 5.75 Å². The van der Waals surface area contributed by atoms with Gasteiger partial charge in [-0.3, -0.25) is 4.79 Å². The normalized spacial score (nSPS) is 11.6. The SMILES string of the molecule is CCC(C)Oc1cccc(NC(=O)c2ccc(-c3ccccc3)cc2)c1. The highest BCUT2D eigenvalue weighted by atomic mass is 16.5. The maximum absolute atomic E-state index is 12.5. The highest BCUT2D eigenvalue weighted by Crippen LogP contribution is 2.22. The first kappa shape index (κ1) is 17.7. The molecular weight excluding hydrogens is 322 g/mol. The van der Waals surface area contributed by atoms with E-state index in [0.29, 0.717) is 5.56 Å². The summed E-state index contributed by atoms with van der Waals surface area (Å²) in [5, 5.41) is 2.93. The first-order valence-electron chi connectivity index (χ1n) is 8.89. The van der Waals surface area contributed by atoms with E-state index < -0.39 is 0 Å². The van der Waals surface area contributed by atoms with E-state index >= 15 is 0 Å². The second-order valence-corrected chi connectivity index (χ2v) is 6.26. The van der Waals surface area contributed by atoms with E-state index in [-0.39, 0.29) is 12.0 Å². The number of hydrogen-bond donors (Lipinski definition) is 1. The van der Waals surface area contributed by atoms with Crippen molar-refractivity contribution in [3.05, 3.63) is 84.4 Å². The van der Waals surface area contributed by atoms with Crippen molar-refractivity contribution in [2.24, 2.45) is 0 Å². The Morgan fingerprint density at radius 1 is 0.923 bits per heavy atom. The fourth-order valence-electron chi connectivity index (χ4n) is 2.61. The van der Waals surface area contributed by atoms with Gasteiger partial charge in [-0.15, -0.1) is 0 Å². The molecule has 1 amide bonds. The summed E-state index contributed by atoms with van der Waals surface area (Å²) < 4.78 is 5.80. The zero-order chi connectivity index (χ0) is 18.4. The van der Waals surface area contributed by atoms with Crippen LogP contribution in [0.1, 0.15) is 30.6 Å². The van der Waals surface area contributed by atoms with Gasteiger partial charge in [-0.05, 0) is 48.7 Å². The van der Waals surface area contributed by atoms with E-state index in [0.717, 1.165) is 29.0 Å². The Hall–Kier alpha value is -3.07. The molecule has 0 bridgehead atoms. The van der Waals surface area contributed by atoms with Crippen molar-refractivity contribution >= 4 is 11.6 Å². The van der Waals surface area contributed by atoms with Gasteiger partial charge in [0.2, 0.25) is 0 Å². The standard InChI is InChI=1S/C23H23NO2/c1-3-17(2)26-22-11-7-10-21(16-22)24-23(25)20-14-12-19(13-15-20)18-8-5-4-6-9-18/h4-17H,3H2,1-2H3,(H,24,25). The Kier molecular flexibility index (Phi) is 5.69. The molecule has 1 unspecified atom stereocenters. The van der Waals surface area contributed by atoms with Crippen LogP contribution in [-0.4, -0.2) is 12.0 Å². The Morgan fingerprint density at radius 2 is 1.62 bits per heavy atom. The maximum Gasteiger partial charge on any atom is 0.255 e. The number of rotatable bonds is 6. The molecule has 1 N–H and O–H groups in total. The summed E-state index contributed by atoms with van der Waals surface area (Å²) in [6.07, 6.45) is 1.08. The lowest BCUT2D eigenvalue weighted by atomic mass is 10.0. The molecule has 0 aliphatic heterocycles. The summed E-state index contributed by atoms with van der Waals surface area (Å²) in [6, 6.07) is 25.2. The van der Waals surface area contributed by atoms with Gasteiger partial charge in [0, 0.05) is 17.3 Å². The molecule has 0 aliphatic carbocycles. The molecule has 3 aromatic carbocycles. The van der Waals surface area contributed by atoms with Crippen molar-refractivity contribution in [3.63, 3.8) is 0 Å². The predicted molar refractivity (Wildman–Crippen MR) is 107 cm³/mol. The van der Waals surface area contributed by atoms with Crippen LogP contribution in [0.4, 0.5) is 5.69 Å². The number of amides is 1. The van der Waals surface area contributed by atoms with Gasteiger partial charge in [0.1, 0.15) is 5.75 Å². The maximum atomic E-state index is 12.5. The lowest BCUT2D eigenvalue weighted by Crippen LogP contribution is -2.13. The molecule has 0 fully saturated rings. The molecule has 0 heterocycles. The van der Waals surface area contributed by atoms with Crippen molar-refractivity contribution in [1.82, 2.24) is 0 Å². The summed E-state index contributed by atoms with van der Waals surface area (Å²) in [7, 11) is 0. The molecule has 0 saturated carbocycles.